The summed E-state index contributed by atoms with van der Waals surface area (Å²) in [5, 5.41) is 1.49. The monoisotopic (exact) mass is 540 g/mol. The van der Waals surface area contributed by atoms with Gasteiger partial charge in [0, 0.05) is 21.5 Å². The van der Waals surface area contributed by atoms with Gasteiger partial charge >= 0.3 is 0 Å². The van der Waals surface area contributed by atoms with E-state index in [-0.39, 0.29) is 11.7 Å². The minimum atomic E-state index is 0.0193. The number of thioether (sulfide) groups is 1. The number of aryl methyl sites for hydroxylation is 1. The van der Waals surface area contributed by atoms with E-state index < -0.39 is 0 Å². The molecule has 3 heterocycles. The number of thiophene rings is 1. The lowest BCUT2D eigenvalue weighted by Gasteiger charge is -2.26. The number of hydrogen-bond acceptors (Lipinski definition) is 5. The second-order valence-electron chi connectivity index (χ2n) is 8.77. The first-order chi connectivity index (χ1) is 15.9. The molecule has 1 atom stereocenters. The summed E-state index contributed by atoms with van der Waals surface area (Å²) in [6.45, 7) is 6.95. The molecule has 0 fully saturated rings. The molecule has 1 aliphatic heterocycles. The van der Waals surface area contributed by atoms with E-state index in [2.05, 4.69) is 48.0 Å². The van der Waals surface area contributed by atoms with Crippen LogP contribution in [0.2, 0.25) is 0 Å². The standard InChI is InChI=1S/C26H25BrN2O2S2/c1-15(2)21-12-20-22(13-31-21)33-24-23(20)25(30)29(19-6-4-5-16(3)11-19)26(28-24)32-14-17-7-9-18(27)10-8-17/h4-11,15,21H,12-14H2,1-3H3. The fourth-order valence-electron chi connectivity index (χ4n) is 4.16. The quantitative estimate of drug-likeness (QED) is 0.204. The molecule has 5 rings (SSSR count). The van der Waals surface area contributed by atoms with Crippen LogP contribution >= 0.6 is 39.0 Å². The van der Waals surface area contributed by atoms with Crippen LogP contribution in [0.25, 0.3) is 15.9 Å². The molecule has 0 bridgehead atoms. The van der Waals surface area contributed by atoms with Gasteiger partial charge in [-0.15, -0.1) is 11.3 Å². The van der Waals surface area contributed by atoms with Gasteiger partial charge in [0.25, 0.3) is 5.56 Å². The van der Waals surface area contributed by atoms with Gasteiger partial charge in [0.15, 0.2) is 5.16 Å². The van der Waals surface area contributed by atoms with Crippen LogP contribution in [0.1, 0.15) is 35.4 Å². The molecule has 2 aromatic heterocycles. The zero-order chi connectivity index (χ0) is 23.1. The van der Waals surface area contributed by atoms with Gasteiger partial charge in [0.05, 0.1) is 23.8 Å². The Morgan fingerprint density at radius 3 is 2.76 bits per heavy atom. The van der Waals surface area contributed by atoms with E-state index in [1.165, 1.54) is 5.56 Å². The van der Waals surface area contributed by atoms with E-state index in [1.54, 1.807) is 27.7 Å². The molecule has 4 aromatic rings. The van der Waals surface area contributed by atoms with E-state index in [1.807, 2.05) is 37.3 Å². The molecule has 33 heavy (non-hydrogen) atoms. The number of halogens is 1. The van der Waals surface area contributed by atoms with Crippen LogP contribution in [0.5, 0.6) is 0 Å². The molecule has 4 nitrogen and oxygen atoms in total. The summed E-state index contributed by atoms with van der Waals surface area (Å²) in [6.07, 6.45) is 0.900. The zero-order valence-corrected chi connectivity index (χ0v) is 22.0. The Morgan fingerprint density at radius 2 is 2.03 bits per heavy atom. The van der Waals surface area contributed by atoms with Crippen molar-refractivity contribution in [2.24, 2.45) is 5.92 Å². The molecular formula is C26H25BrN2O2S2. The summed E-state index contributed by atoms with van der Waals surface area (Å²) in [5.74, 6) is 1.14. The third kappa shape index (κ3) is 4.56. The number of benzene rings is 2. The van der Waals surface area contributed by atoms with E-state index in [9.17, 15) is 4.79 Å². The average Bonchev–Trinajstić information content (AvgIpc) is 3.16. The van der Waals surface area contributed by atoms with Crippen molar-refractivity contribution in [3.8, 4) is 5.69 Å². The lowest BCUT2D eigenvalue weighted by atomic mass is 9.96. The summed E-state index contributed by atoms with van der Waals surface area (Å²) in [4.78, 5) is 21.0. The molecule has 0 saturated heterocycles. The fraction of sp³-hybridized carbons (Fsp3) is 0.308. The molecule has 0 radical (unpaired) electrons. The molecule has 0 aliphatic carbocycles. The molecule has 2 aromatic carbocycles. The van der Waals surface area contributed by atoms with E-state index in [0.717, 1.165) is 53.7 Å². The van der Waals surface area contributed by atoms with Gasteiger partial charge in [0.2, 0.25) is 0 Å². The summed E-state index contributed by atoms with van der Waals surface area (Å²) in [5.41, 5.74) is 4.31. The normalized spacial score (nSPS) is 15.8. The SMILES string of the molecule is Cc1cccc(-n2c(SCc3ccc(Br)cc3)nc3sc4c(c3c2=O)CC(C(C)C)OC4)c1. The van der Waals surface area contributed by atoms with Crippen molar-refractivity contribution in [2.45, 2.75) is 50.8 Å². The maximum atomic E-state index is 14.0. The Bertz CT molecular complexity index is 1380. The number of hydrogen-bond donors (Lipinski definition) is 0. The van der Waals surface area contributed by atoms with E-state index in [0.29, 0.717) is 12.5 Å². The van der Waals surface area contributed by atoms with E-state index >= 15 is 0 Å². The summed E-state index contributed by atoms with van der Waals surface area (Å²) < 4.78 is 8.93. The Labute approximate surface area is 210 Å². The maximum Gasteiger partial charge on any atom is 0.267 e. The Morgan fingerprint density at radius 1 is 1.24 bits per heavy atom. The Kier molecular flexibility index (Phi) is 6.49. The predicted octanol–water partition coefficient (Wildman–Crippen LogP) is 6.91. The van der Waals surface area contributed by atoms with Gasteiger partial charge in [-0.25, -0.2) is 4.98 Å². The molecule has 0 spiro atoms. The van der Waals surface area contributed by atoms with Gasteiger partial charge in [-0.2, -0.15) is 0 Å². The van der Waals surface area contributed by atoms with Crippen LogP contribution in [0.3, 0.4) is 0 Å². The third-order valence-electron chi connectivity index (χ3n) is 6.00. The molecule has 1 aliphatic rings. The van der Waals surface area contributed by atoms with Crippen LogP contribution in [-0.2, 0) is 23.5 Å². The van der Waals surface area contributed by atoms with Crippen molar-refractivity contribution >= 4 is 49.2 Å². The van der Waals surface area contributed by atoms with Crippen molar-refractivity contribution < 1.29 is 4.74 Å². The summed E-state index contributed by atoms with van der Waals surface area (Å²) >= 11 is 6.70. The maximum absolute atomic E-state index is 14.0. The first-order valence-electron chi connectivity index (χ1n) is 11.0. The van der Waals surface area contributed by atoms with Crippen molar-refractivity contribution in [2.75, 3.05) is 0 Å². The highest BCUT2D eigenvalue weighted by Gasteiger charge is 2.28. The van der Waals surface area contributed by atoms with Gasteiger partial charge in [-0.1, -0.05) is 65.8 Å². The van der Waals surface area contributed by atoms with Crippen molar-refractivity contribution in [3.63, 3.8) is 0 Å². The number of fused-ring (bicyclic) bond motifs is 3. The smallest absolute Gasteiger partial charge is 0.267 e. The highest BCUT2D eigenvalue weighted by atomic mass is 79.9. The number of aromatic nitrogens is 2. The average molecular weight is 542 g/mol. The zero-order valence-electron chi connectivity index (χ0n) is 18.8. The highest BCUT2D eigenvalue weighted by Crippen LogP contribution is 2.36. The fourth-order valence-corrected chi connectivity index (χ4v) is 6.55. The van der Waals surface area contributed by atoms with Gasteiger partial charge in [-0.3, -0.25) is 9.36 Å². The lowest BCUT2D eigenvalue weighted by molar-refractivity contribution is 0.00200. The number of rotatable bonds is 5. The molecule has 7 heteroatoms. The highest BCUT2D eigenvalue weighted by molar-refractivity contribution is 9.10. The van der Waals surface area contributed by atoms with Crippen LogP contribution in [0.15, 0.2) is 63.0 Å². The first kappa shape index (κ1) is 22.8. The van der Waals surface area contributed by atoms with Crippen LogP contribution in [0.4, 0.5) is 0 Å². The van der Waals surface area contributed by atoms with Crippen LogP contribution in [0, 0.1) is 12.8 Å². The van der Waals surface area contributed by atoms with E-state index in [4.69, 9.17) is 9.72 Å². The van der Waals surface area contributed by atoms with Gasteiger partial charge in [0.1, 0.15) is 4.83 Å². The third-order valence-corrected chi connectivity index (χ3v) is 8.63. The first-order valence-corrected chi connectivity index (χ1v) is 13.6. The summed E-state index contributed by atoms with van der Waals surface area (Å²) in [6, 6.07) is 16.4. The number of ether oxygens (including phenoxy) is 1. The molecule has 1 unspecified atom stereocenters. The lowest BCUT2D eigenvalue weighted by Crippen LogP contribution is -2.28. The minimum Gasteiger partial charge on any atom is -0.372 e. The molecular weight excluding hydrogens is 516 g/mol. The van der Waals surface area contributed by atoms with Gasteiger partial charge < -0.3 is 4.74 Å². The molecule has 0 N–H and O–H groups in total. The number of nitrogens with zero attached hydrogens (tertiary/aromatic N) is 2. The largest absolute Gasteiger partial charge is 0.372 e. The Balaban J connectivity index is 1.65. The van der Waals surface area contributed by atoms with Crippen LogP contribution < -0.4 is 5.56 Å². The molecule has 0 saturated carbocycles. The van der Waals surface area contributed by atoms with Crippen molar-refractivity contribution in [3.05, 3.63) is 84.9 Å². The second kappa shape index (κ2) is 9.37. The molecule has 170 valence electrons. The van der Waals surface area contributed by atoms with Crippen LogP contribution in [-0.4, -0.2) is 15.7 Å². The second-order valence-corrected chi connectivity index (χ2v) is 11.7. The molecule has 0 amide bonds. The minimum absolute atomic E-state index is 0.0193. The van der Waals surface area contributed by atoms with Crippen molar-refractivity contribution in [1.29, 1.82) is 0 Å². The predicted molar refractivity (Wildman–Crippen MR) is 141 cm³/mol. The Hall–Kier alpha value is -1.93. The summed E-state index contributed by atoms with van der Waals surface area (Å²) in [7, 11) is 0. The topological polar surface area (TPSA) is 44.1 Å². The van der Waals surface area contributed by atoms with Gasteiger partial charge in [-0.05, 0) is 53.8 Å². The van der Waals surface area contributed by atoms with Crippen molar-refractivity contribution in [1.82, 2.24) is 9.55 Å².